The molecular formula is C17H12FN3O2S. The van der Waals surface area contributed by atoms with Crippen molar-refractivity contribution in [2.45, 2.75) is 6.92 Å². The first-order chi connectivity index (χ1) is 11.6. The molecule has 24 heavy (non-hydrogen) atoms. The minimum absolute atomic E-state index is 0.0485. The summed E-state index contributed by atoms with van der Waals surface area (Å²) in [5.74, 6) is -0.455. The summed E-state index contributed by atoms with van der Waals surface area (Å²) in [5.41, 5.74) is 2.67. The van der Waals surface area contributed by atoms with Crippen molar-refractivity contribution >= 4 is 34.5 Å². The standard InChI is InChI=1S/C17H12FN3O2S/c1-10-6-11(20-15(22)8-24-9-19)7-14-16(10)23-17(21-14)12-4-2-3-5-13(12)18/h2-7H,8H2,1H3,(H,20,22). The van der Waals surface area contributed by atoms with Crippen LogP contribution in [0.5, 0.6) is 0 Å². The molecule has 0 saturated carbocycles. The quantitative estimate of drug-likeness (QED) is 0.723. The van der Waals surface area contributed by atoms with Crippen molar-refractivity contribution in [3.05, 3.63) is 47.8 Å². The summed E-state index contributed by atoms with van der Waals surface area (Å²) in [4.78, 5) is 16.0. The third kappa shape index (κ3) is 3.24. The van der Waals surface area contributed by atoms with Crippen molar-refractivity contribution in [3.8, 4) is 16.9 Å². The van der Waals surface area contributed by atoms with Crippen molar-refractivity contribution in [1.82, 2.24) is 4.98 Å². The molecule has 0 aliphatic heterocycles. The highest BCUT2D eigenvalue weighted by Crippen LogP contribution is 2.30. The van der Waals surface area contributed by atoms with Gasteiger partial charge >= 0.3 is 0 Å². The number of hydrogen-bond acceptors (Lipinski definition) is 5. The van der Waals surface area contributed by atoms with Crippen LogP contribution in [-0.4, -0.2) is 16.6 Å². The molecule has 3 aromatic rings. The average Bonchev–Trinajstić information content (AvgIpc) is 2.97. The van der Waals surface area contributed by atoms with Gasteiger partial charge < -0.3 is 9.73 Å². The number of aryl methyl sites for hydroxylation is 1. The van der Waals surface area contributed by atoms with Gasteiger partial charge in [-0.25, -0.2) is 9.37 Å². The van der Waals surface area contributed by atoms with Gasteiger partial charge in [0.25, 0.3) is 0 Å². The van der Waals surface area contributed by atoms with E-state index in [1.54, 1.807) is 30.3 Å². The predicted molar refractivity (Wildman–Crippen MR) is 90.8 cm³/mol. The summed E-state index contributed by atoms with van der Waals surface area (Å²) < 4.78 is 19.6. The Hall–Kier alpha value is -2.85. The van der Waals surface area contributed by atoms with Crippen LogP contribution in [0.25, 0.3) is 22.6 Å². The largest absolute Gasteiger partial charge is 0.436 e. The minimum Gasteiger partial charge on any atom is -0.436 e. The van der Waals surface area contributed by atoms with Crippen LogP contribution >= 0.6 is 11.8 Å². The number of aromatic nitrogens is 1. The molecule has 7 heteroatoms. The number of benzene rings is 2. The molecule has 1 heterocycles. The minimum atomic E-state index is -0.413. The van der Waals surface area contributed by atoms with Crippen LogP contribution in [0.15, 0.2) is 40.8 Å². The maximum atomic E-state index is 13.9. The van der Waals surface area contributed by atoms with Crippen LogP contribution in [0, 0.1) is 23.4 Å². The zero-order chi connectivity index (χ0) is 17.1. The molecule has 1 N–H and O–H groups in total. The number of rotatable bonds is 4. The molecule has 5 nitrogen and oxygen atoms in total. The summed E-state index contributed by atoms with van der Waals surface area (Å²) in [6.07, 6.45) is 0. The van der Waals surface area contributed by atoms with Crippen LogP contribution in [0.4, 0.5) is 10.1 Å². The summed E-state index contributed by atoms with van der Waals surface area (Å²) in [7, 11) is 0. The van der Waals surface area contributed by atoms with Gasteiger partial charge in [-0.2, -0.15) is 5.26 Å². The Morgan fingerprint density at radius 1 is 1.42 bits per heavy atom. The molecule has 1 aromatic heterocycles. The van der Waals surface area contributed by atoms with E-state index in [9.17, 15) is 9.18 Å². The van der Waals surface area contributed by atoms with E-state index in [4.69, 9.17) is 9.68 Å². The van der Waals surface area contributed by atoms with Crippen LogP contribution in [-0.2, 0) is 4.79 Å². The Bertz CT molecular complexity index is 962. The van der Waals surface area contributed by atoms with E-state index < -0.39 is 5.82 Å². The molecule has 0 aliphatic rings. The molecule has 1 amide bonds. The third-order valence-electron chi connectivity index (χ3n) is 3.33. The number of thioether (sulfide) groups is 1. The number of anilines is 1. The van der Waals surface area contributed by atoms with E-state index in [1.807, 2.05) is 12.3 Å². The van der Waals surface area contributed by atoms with E-state index in [1.165, 1.54) is 6.07 Å². The number of carbonyl (C=O) groups is 1. The van der Waals surface area contributed by atoms with Gasteiger partial charge in [0.15, 0.2) is 5.58 Å². The second kappa shape index (κ2) is 6.72. The van der Waals surface area contributed by atoms with Gasteiger partial charge in [0.2, 0.25) is 11.8 Å². The Morgan fingerprint density at radius 3 is 2.96 bits per heavy atom. The van der Waals surface area contributed by atoms with Gasteiger partial charge in [-0.1, -0.05) is 12.1 Å². The van der Waals surface area contributed by atoms with E-state index >= 15 is 0 Å². The number of nitrogens with zero attached hydrogens (tertiary/aromatic N) is 2. The number of nitrogens with one attached hydrogen (secondary N) is 1. The maximum absolute atomic E-state index is 13.9. The van der Waals surface area contributed by atoms with Gasteiger partial charge in [0, 0.05) is 5.69 Å². The molecule has 0 fully saturated rings. The normalized spacial score (nSPS) is 10.5. The van der Waals surface area contributed by atoms with Gasteiger partial charge in [0.1, 0.15) is 16.7 Å². The summed E-state index contributed by atoms with van der Waals surface area (Å²) in [6.45, 7) is 1.82. The average molecular weight is 341 g/mol. The van der Waals surface area contributed by atoms with Crippen molar-refractivity contribution in [2.75, 3.05) is 11.1 Å². The Morgan fingerprint density at radius 2 is 2.21 bits per heavy atom. The zero-order valence-corrected chi connectivity index (χ0v) is 13.5. The van der Waals surface area contributed by atoms with E-state index in [-0.39, 0.29) is 23.1 Å². The number of amides is 1. The first-order valence-electron chi connectivity index (χ1n) is 7.05. The number of hydrogen-bond donors (Lipinski definition) is 1. The lowest BCUT2D eigenvalue weighted by Gasteiger charge is -2.04. The van der Waals surface area contributed by atoms with Crippen LogP contribution < -0.4 is 5.32 Å². The fraction of sp³-hybridized carbons (Fsp3) is 0.118. The number of fused-ring (bicyclic) bond motifs is 1. The SMILES string of the molecule is Cc1cc(NC(=O)CSC#N)cc2nc(-c3ccccc3F)oc12. The molecule has 0 bridgehead atoms. The highest BCUT2D eigenvalue weighted by molar-refractivity contribution is 8.04. The second-order valence-electron chi connectivity index (χ2n) is 5.07. The molecule has 120 valence electrons. The van der Waals surface area contributed by atoms with Gasteiger partial charge in [-0.3, -0.25) is 4.79 Å². The van der Waals surface area contributed by atoms with Crippen molar-refractivity contribution < 1.29 is 13.6 Å². The lowest BCUT2D eigenvalue weighted by molar-refractivity contribution is -0.113. The van der Waals surface area contributed by atoms with E-state index in [2.05, 4.69) is 10.3 Å². The monoisotopic (exact) mass is 341 g/mol. The van der Waals surface area contributed by atoms with Gasteiger partial charge in [-0.05, 0) is 48.5 Å². The van der Waals surface area contributed by atoms with Crippen LogP contribution in [0.2, 0.25) is 0 Å². The zero-order valence-electron chi connectivity index (χ0n) is 12.7. The number of nitriles is 1. The summed E-state index contributed by atoms with van der Waals surface area (Å²) in [5, 5.41) is 13.0. The molecule has 2 aromatic carbocycles. The van der Waals surface area contributed by atoms with Crippen LogP contribution in [0.1, 0.15) is 5.56 Å². The van der Waals surface area contributed by atoms with E-state index in [0.29, 0.717) is 16.8 Å². The van der Waals surface area contributed by atoms with Crippen molar-refractivity contribution in [1.29, 1.82) is 5.26 Å². The molecule has 0 radical (unpaired) electrons. The summed E-state index contributed by atoms with van der Waals surface area (Å²) in [6, 6.07) is 9.64. The molecule has 0 spiro atoms. The number of thiocyanates is 1. The highest BCUT2D eigenvalue weighted by atomic mass is 32.2. The lowest BCUT2D eigenvalue weighted by Crippen LogP contribution is -2.13. The van der Waals surface area contributed by atoms with Crippen LogP contribution in [0.3, 0.4) is 0 Å². The molecular weight excluding hydrogens is 329 g/mol. The molecule has 0 saturated heterocycles. The Labute approximate surface area is 141 Å². The van der Waals surface area contributed by atoms with Gasteiger partial charge in [-0.15, -0.1) is 0 Å². The number of halogens is 1. The van der Waals surface area contributed by atoms with Gasteiger partial charge in [0.05, 0.1) is 11.3 Å². The number of carbonyl (C=O) groups excluding carboxylic acids is 1. The van der Waals surface area contributed by atoms with E-state index in [0.717, 1.165) is 17.3 Å². The Kier molecular flexibility index (Phi) is 4.49. The summed E-state index contributed by atoms with van der Waals surface area (Å²) >= 11 is 0.864. The fourth-order valence-corrected chi connectivity index (χ4v) is 2.58. The first-order valence-corrected chi connectivity index (χ1v) is 8.04. The smallest absolute Gasteiger partial charge is 0.235 e. The topological polar surface area (TPSA) is 78.9 Å². The predicted octanol–water partition coefficient (Wildman–Crippen LogP) is 4.10. The van der Waals surface area contributed by atoms with Crippen molar-refractivity contribution in [2.24, 2.45) is 0 Å². The highest BCUT2D eigenvalue weighted by Gasteiger charge is 2.15. The molecule has 0 unspecified atom stereocenters. The second-order valence-corrected chi connectivity index (χ2v) is 5.83. The Balaban J connectivity index is 1.96. The number of oxazole rings is 1. The lowest BCUT2D eigenvalue weighted by atomic mass is 10.2. The third-order valence-corrected chi connectivity index (χ3v) is 3.87. The fourth-order valence-electron chi connectivity index (χ4n) is 2.32. The van der Waals surface area contributed by atoms with Crippen molar-refractivity contribution in [3.63, 3.8) is 0 Å². The molecule has 3 rings (SSSR count). The molecule has 0 aliphatic carbocycles. The first kappa shape index (κ1) is 16.0. The maximum Gasteiger partial charge on any atom is 0.235 e. The molecule has 0 atom stereocenters.